The van der Waals surface area contributed by atoms with Gasteiger partial charge in [-0.25, -0.2) is 19.8 Å². The third-order valence-electron chi connectivity index (χ3n) is 7.40. The molecule has 0 aliphatic carbocycles. The van der Waals surface area contributed by atoms with Gasteiger partial charge in [-0.05, 0) is 49.2 Å². The van der Waals surface area contributed by atoms with Crippen molar-refractivity contribution in [2.24, 2.45) is 5.10 Å². The summed E-state index contributed by atoms with van der Waals surface area (Å²) in [4.78, 5) is 28.2. The van der Waals surface area contributed by atoms with E-state index in [0.717, 1.165) is 46.6 Å². The van der Waals surface area contributed by atoms with Crippen LogP contribution in [0.3, 0.4) is 0 Å². The van der Waals surface area contributed by atoms with Gasteiger partial charge in [-0.15, -0.1) is 0 Å². The summed E-state index contributed by atoms with van der Waals surface area (Å²) >= 11 is 0. The van der Waals surface area contributed by atoms with E-state index in [9.17, 15) is 4.79 Å². The molecular formula is C31H30N8O. The van der Waals surface area contributed by atoms with Crippen molar-refractivity contribution >= 4 is 17.3 Å². The summed E-state index contributed by atoms with van der Waals surface area (Å²) in [5, 5.41) is 10.6. The van der Waals surface area contributed by atoms with E-state index in [1.54, 1.807) is 6.07 Å². The summed E-state index contributed by atoms with van der Waals surface area (Å²) < 4.78 is 1.99. The molecule has 9 nitrogen and oxygen atoms in total. The molecule has 2 aliphatic rings. The predicted molar refractivity (Wildman–Crippen MR) is 154 cm³/mol. The molecule has 40 heavy (non-hydrogen) atoms. The molecule has 1 fully saturated rings. The predicted octanol–water partition coefficient (Wildman–Crippen LogP) is 4.83. The van der Waals surface area contributed by atoms with E-state index < -0.39 is 0 Å². The summed E-state index contributed by atoms with van der Waals surface area (Å²) in [5.74, 6) is 0.548. The Morgan fingerprint density at radius 2 is 1.68 bits per heavy atom. The fraction of sp³-hybridized carbons (Fsp3) is 0.290. The molecule has 2 aromatic carbocycles. The second-order valence-corrected chi connectivity index (χ2v) is 10.2. The molecular weight excluding hydrogens is 500 g/mol. The van der Waals surface area contributed by atoms with Crippen LogP contribution in [0.2, 0.25) is 0 Å². The summed E-state index contributed by atoms with van der Waals surface area (Å²) in [5.41, 5.74) is 5.96. The number of carbonyl (C=O) groups is 1. The summed E-state index contributed by atoms with van der Waals surface area (Å²) in [6, 6.07) is 15.1. The number of hydrogen-bond acceptors (Lipinski definition) is 6. The Morgan fingerprint density at radius 3 is 2.50 bits per heavy atom. The lowest BCUT2D eigenvalue weighted by atomic mass is 10.1. The first-order valence-electron chi connectivity index (χ1n) is 13.7. The van der Waals surface area contributed by atoms with Crippen LogP contribution in [0.4, 0.5) is 5.69 Å². The van der Waals surface area contributed by atoms with Crippen LogP contribution in [-0.4, -0.2) is 67.5 Å². The smallest absolute Gasteiger partial charge is 0.247 e. The van der Waals surface area contributed by atoms with Crippen LogP contribution in [0.25, 0.3) is 27.4 Å². The van der Waals surface area contributed by atoms with E-state index in [2.05, 4.69) is 29.9 Å². The minimum Gasteiger partial charge on any atom is -0.301 e. The zero-order valence-corrected chi connectivity index (χ0v) is 22.3. The Bertz CT molecular complexity index is 1580. The highest BCUT2D eigenvalue weighted by molar-refractivity contribution is 6.03. The molecule has 4 heterocycles. The van der Waals surface area contributed by atoms with Gasteiger partial charge < -0.3 is 4.90 Å². The van der Waals surface area contributed by atoms with Crippen LogP contribution < -0.4 is 0 Å². The molecule has 9 heteroatoms. The Balaban J connectivity index is 1.09. The van der Waals surface area contributed by atoms with E-state index in [0.29, 0.717) is 24.5 Å². The lowest BCUT2D eigenvalue weighted by Gasteiger charge is -2.13. The normalized spacial score (nSPS) is 15.3. The van der Waals surface area contributed by atoms with Crippen molar-refractivity contribution in [3.8, 4) is 22.5 Å². The first-order chi connectivity index (χ1) is 19.6. The van der Waals surface area contributed by atoms with E-state index in [4.69, 9.17) is 6.57 Å². The number of hydrazone groups is 1. The van der Waals surface area contributed by atoms with Gasteiger partial charge in [0.05, 0.1) is 38.0 Å². The number of likely N-dealkylation sites (tertiary alicyclic amines) is 1. The van der Waals surface area contributed by atoms with Gasteiger partial charge >= 0.3 is 0 Å². The van der Waals surface area contributed by atoms with E-state index in [-0.39, 0.29) is 12.3 Å². The standard InChI is InChI=1S/C31H30N8O/c1-32-28-9-5-7-24(18-28)29-10-13-39(36-29)30(40)17-23-6-4-8-25(16-23)31-33-19-26(20-34-31)27-21-35-38(22-27)15-14-37-11-2-3-12-37/h4-9,16,18-22H,2-3,10-15,17H2. The Hall–Kier alpha value is -4.68. The quantitative estimate of drug-likeness (QED) is 0.305. The number of carbonyl (C=O) groups excluding carboxylic acids is 1. The molecule has 0 N–H and O–H groups in total. The lowest BCUT2D eigenvalue weighted by Crippen LogP contribution is -2.25. The lowest BCUT2D eigenvalue weighted by molar-refractivity contribution is -0.130. The van der Waals surface area contributed by atoms with E-state index >= 15 is 0 Å². The second-order valence-electron chi connectivity index (χ2n) is 10.2. The van der Waals surface area contributed by atoms with Gasteiger partial charge in [0.1, 0.15) is 0 Å². The monoisotopic (exact) mass is 530 g/mol. The van der Waals surface area contributed by atoms with Gasteiger partial charge in [0.25, 0.3) is 0 Å². The van der Waals surface area contributed by atoms with Crippen LogP contribution in [0, 0.1) is 6.57 Å². The average Bonchev–Trinajstić information content (AvgIpc) is 3.79. The molecule has 0 bridgehead atoms. The van der Waals surface area contributed by atoms with Gasteiger partial charge in [-0.2, -0.15) is 10.2 Å². The third kappa shape index (κ3) is 5.82. The Labute approximate surface area is 233 Å². The summed E-state index contributed by atoms with van der Waals surface area (Å²) in [7, 11) is 0. The molecule has 2 aliphatic heterocycles. The first-order valence-corrected chi connectivity index (χ1v) is 13.7. The molecule has 0 atom stereocenters. The van der Waals surface area contributed by atoms with Gasteiger partial charge in [0.15, 0.2) is 11.5 Å². The van der Waals surface area contributed by atoms with Crippen molar-refractivity contribution in [3.63, 3.8) is 0 Å². The highest BCUT2D eigenvalue weighted by Gasteiger charge is 2.22. The van der Waals surface area contributed by atoms with Crippen molar-refractivity contribution in [1.29, 1.82) is 0 Å². The van der Waals surface area contributed by atoms with Gasteiger partial charge in [0, 0.05) is 48.2 Å². The summed E-state index contributed by atoms with van der Waals surface area (Å²) in [6.07, 6.45) is 11.1. The van der Waals surface area contributed by atoms with Crippen molar-refractivity contribution < 1.29 is 4.79 Å². The fourth-order valence-electron chi connectivity index (χ4n) is 5.19. The Morgan fingerprint density at radius 1 is 0.875 bits per heavy atom. The number of benzene rings is 2. The highest BCUT2D eigenvalue weighted by atomic mass is 16.2. The SMILES string of the molecule is [C-]#[N+]c1cccc(C2=NN(C(=O)Cc3cccc(-c4ncc(-c5cnn(CCN6CCCC6)c5)cn4)c3)CC2)c1. The molecule has 0 spiro atoms. The van der Waals surface area contributed by atoms with Crippen molar-refractivity contribution in [2.75, 3.05) is 26.2 Å². The minimum atomic E-state index is -0.0634. The van der Waals surface area contributed by atoms with Crippen LogP contribution in [0.5, 0.6) is 0 Å². The third-order valence-corrected chi connectivity index (χ3v) is 7.40. The maximum Gasteiger partial charge on any atom is 0.247 e. The first kappa shape index (κ1) is 25.6. The van der Waals surface area contributed by atoms with Crippen molar-refractivity contribution in [3.05, 3.63) is 95.9 Å². The molecule has 0 saturated carbocycles. The van der Waals surface area contributed by atoms with E-state index in [1.165, 1.54) is 30.9 Å². The van der Waals surface area contributed by atoms with Gasteiger partial charge in [0.2, 0.25) is 5.91 Å². The zero-order valence-electron chi connectivity index (χ0n) is 22.3. The number of hydrogen-bond donors (Lipinski definition) is 0. The molecule has 0 radical (unpaired) electrons. The van der Waals surface area contributed by atoms with Crippen molar-refractivity contribution in [1.82, 2.24) is 29.7 Å². The summed E-state index contributed by atoms with van der Waals surface area (Å²) in [6.45, 7) is 12.0. The van der Waals surface area contributed by atoms with E-state index in [1.807, 2.05) is 71.9 Å². The average molecular weight is 531 g/mol. The molecule has 2 aromatic heterocycles. The Kier molecular flexibility index (Phi) is 7.42. The van der Waals surface area contributed by atoms with Crippen LogP contribution in [0.15, 0.2) is 78.4 Å². The molecule has 6 rings (SSSR count). The largest absolute Gasteiger partial charge is 0.301 e. The second kappa shape index (κ2) is 11.6. The van der Waals surface area contributed by atoms with Crippen LogP contribution in [0.1, 0.15) is 30.4 Å². The zero-order chi connectivity index (χ0) is 27.3. The fourth-order valence-corrected chi connectivity index (χ4v) is 5.19. The topological polar surface area (TPSA) is 83.9 Å². The van der Waals surface area contributed by atoms with Gasteiger partial charge in [-0.3, -0.25) is 9.48 Å². The molecule has 1 amide bonds. The highest BCUT2D eigenvalue weighted by Crippen LogP contribution is 2.23. The molecule has 200 valence electrons. The maximum atomic E-state index is 13.0. The number of rotatable bonds is 8. The number of aromatic nitrogens is 4. The number of amides is 1. The van der Waals surface area contributed by atoms with Crippen molar-refractivity contribution in [2.45, 2.75) is 32.2 Å². The van der Waals surface area contributed by atoms with Crippen LogP contribution >= 0.6 is 0 Å². The number of nitrogens with zero attached hydrogens (tertiary/aromatic N) is 8. The minimum absolute atomic E-state index is 0.0634. The molecule has 1 saturated heterocycles. The molecule has 4 aromatic rings. The van der Waals surface area contributed by atoms with Crippen LogP contribution in [-0.2, 0) is 17.8 Å². The van der Waals surface area contributed by atoms with Gasteiger partial charge in [-0.1, -0.05) is 36.4 Å². The molecule has 0 unspecified atom stereocenters. The maximum absolute atomic E-state index is 13.0.